The van der Waals surface area contributed by atoms with E-state index < -0.39 is 30.1 Å². The van der Waals surface area contributed by atoms with Crippen LogP contribution in [0.25, 0.3) is 0 Å². The van der Waals surface area contributed by atoms with Crippen LogP contribution < -0.4 is 0 Å². The molecule has 4 nitrogen and oxygen atoms in total. The van der Waals surface area contributed by atoms with Crippen LogP contribution in [0.3, 0.4) is 0 Å². The van der Waals surface area contributed by atoms with Gasteiger partial charge in [-0.2, -0.15) is 13.2 Å². The second-order valence-electron chi connectivity index (χ2n) is 4.73. The first-order valence-electron chi connectivity index (χ1n) is 6.37. The lowest BCUT2D eigenvalue weighted by Gasteiger charge is -2.33. The number of rotatable bonds is 3. The van der Waals surface area contributed by atoms with Gasteiger partial charge in [0.2, 0.25) is 5.91 Å². The number of carbonyl (C=O) groups excluding carboxylic acids is 2. The molecule has 0 N–H and O–H groups in total. The average molecular weight is 301 g/mol. The van der Waals surface area contributed by atoms with Gasteiger partial charge in [0.1, 0.15) is 6.04 Å². The highest BCUT2D eigenvalue weighted by Gasteiger charge is 2.52. The summed E-state index contributed by atoms with van der Waals surface area (Å²) in [6.45, 7) is 0. The molecular formula is C14H14F3NO3. The Labute approximate surface area is 119 Å². The largest absolute Gasteiger partial charge is 0.467 e. The lowest BCUT2D eigenvalue weighted by atomic mass is 10.0. The van der Waals surface area contributed by atoms with Gasteiger partial charge in [-0.15, -0.1) is 0 Å². The highest BCUT2D eigenvalue weighted by molar-refractivity contribution is 5.88. The van der Waals surface area contributed by atoms with E-state index in [4.69, 9.17) is 0 Å². The van der Waals surface area contributed by atoms with Gasteiger partial charge in [0.25, 0.3) is 0 Å². The smallest absolute Gasteiger partial charge is 0.413 e. The molecule has 0 saturated carbocycles. The molecule has 2 rings (SSSR count). The zero-order valence-electron chi connectivity index (χ0n) is 11.3. The summed E-state index contributed by atoms with van der Waals surface area (Å²) in [5.74, 6) is -1.53. The summed E-state index contributed by atoms with van der Waals surface area (Å²) in [6, 6.07) is 3.74. The van der Waals surface area contributed by atoms with Gasteiger partial charge in [-0.3, -0.25) is 4.79 Å². The molecule has 0 aromatic heterocycles. The Balaban J connectivity index is 2.45. The Bertz CT molecular complexity index is 530. The summed E-state index contributed by atoms with van der Waals surface area (Å²) < 4.78 is 44.8. The van der Waals surface area contributed by atoms with Crippen LogP contribution in [0.15, 0.2) is 30.3 Å². The van der Waals surface area contributed by atoms with Crippen molar-refractivity contribution >= 4 is 11.9 Å². The number of methoxy groups -OCH3 is 1. The van der Waals surface area contributed by atoms with Crippen LogP contribution in [0.1, 0.15) is 24.4 Å². The summed E-state index contributed by atoms with van der Waals surface area (Å²) in [5.41, 5.74) is -0.0749. The van der Waals surface area contributed by atoms with Crippen LogP contribution in [0, 0.1) is 0 Å². The Hall–Kier alpha value is -2.05. The third kappa shape index (κ3) is 3.01. The molecule has 1 heterocycles. The minimum absolute atomic E-state index is 0.0327. The molecular weight excluding hydrogens is 287 g/mol. The average Bonchev–Trinajstić information content (AvgIpc) is 2.80. The van der Waals surface area contributed by atoms with Crippen molar-refractivity contribution in [2.45, 2.75) is 31.1 Å². The number of carbonyl (C=O) groups is 2. The topological polar surface area (TPSA) is 46.6 Å². The molecule has 0 spiro atoms. The molecule has 1 aromatic carbocycles. The van der Waals surface area contributed by atoms with Crippen molar-refractivity contribution in [2.75, 3.05) is 7.11 Å². The van der Waals surface area contributed by atoms with E-state index in [0.717, 1.165) is 7.11 Å². The van der Waals surface area contributed by atoms with Gasteiger partial charge in [-0.25, -0.2) is 4.79 Å². The molecule has 114 valence electrons. The van der Waals surface area contributed by atoms with E-state index in [2.05, 4.69) is 4.74 Å². The van der Waals surface area contributed by atoms with Crippen molar-refractivity contribution in [1.29, 1.82) is 0 Å². The lowest BCUT2D eigenvalue weighted by molar-refractivity contribution is -0.196. The molecule has 21 heavy (non-hydrogen) atoms. The van der Waals surface area contributed by atoms with E-state index in [1.54, 1.807) is 6.07 Å². The SMILES string of the molecule is COC(=O)C1CCC(=O)N1C(c1ccccc1)C(F)(F)F. The Kier molecular flexibility index (Phi) is 4.20. The number of amides is 1. The predicted octanol–water partition coefficient (Wildman–Crippen LogP) is 2.45. The van der Waals surface area contributed by atoms with Crippen molar-refractivity contribution in [1.82, 2.24) is 4.90 Å². The highest BCUT2D eigenvalue weighted by atomic mass is 19.4. The maximum atomic E-state index is 13.4. The van der Waals surface area contributed by atoms with E-state index >= 15 is 0 Å². The minimum atomic E-state index is -4.67. The third-order valence-corrected chi connectivity index (χ3v) is 3.43. The first-order chi connectivity index (χ1) is 9.86. The maximum absolute atomic E-state index is 13.4. The number of esters is 1. The van der Waals surface area contributed by atoms with Crippen LogP contribution in [-0.2, 0) is 14.3 Å². The van der Waals surface area contributed by atoms with Crippen molar-refractivity contribution in [3.05, 3.63) is 35.9 Å². The number of nitrogens with zero attached hydrogens (tertiary/aromatic N) is 1. The Morgan fingerprint density at radius 3 is 2.48 bits per heavy atom. The molecule has 0 aliphatic carbocycles. The molecule has 7 heteroatoms. The molecule has 2 unspecified atom stereocenters. The van der Waals surface area contributed by atoms with Gasteiger partial charge >= 0.3 is 12.1 Å². The van der Waals surface area contributed by atoms with Gasteiger partial charge in [-0.05, 0) is 12.0 Å². The van der Waals surface area contributed by atoms with Crippen LogP contribution in [0.5, 0.6) is 0 Å². The molecule has 1 fully saturated rings. The number of benzene rings is 1. The number of alkyl halides is 3. The second-order valence-corrected chi connectivity index (χ2v) is 4.73. The van der Waals surface area contributed by atoms with E-state index in [1.165, 1.54) is 24.3 Å². The molecule has 1 aromatic rings. The van der Waals surface area contributed by atoms with Crippen LogP contribution in [-0.4, -0.2) is 36.1 Å². The maximum Gasteiger partial charge on any atom is 0.413 e. The van der Waals surface area contributed by atoms with Crippen molar-refractivity contribution in [3.63, 3.8) is 0 Å². The fourth-order valence-corrected chi connectivity index (χ4v) is 2.54. The number of likely N-dealkylation sites (tertiary alicyclic amines) is 1. The molecule has 2 atom stereocenters. The first kappa shape index (κ1) is 15.3. The van der Waals surface area contributed by atoms with Gasteiger partial charge in [0.05, 0.1) is 7.11 Å². The summed E-state index contributed by atoms with van der Waals surface area (Å²) in [6.07, 6.45) is -4.74. The summed E-state index contributed by atoms with van der Waals surface area (Å²) in [7, 11) is 1.09. The van der Waals surface area contributed by atoms with Crippen molar-refractivity contribution in [3.8, 4) is 0 Å². The summed E-state index contributed by atoms with van der Waals surface area (Å²) >= 11 is 0. The lowest BCUT2D eigenvalue weighted by Crippen LogP contribution is -2.47. The van der Waals surface area contributed by atoms with E-state index in [1.807, 2.05) is 0 Å². The molecule has 1 aliphatic heterocycles. The van der Waals surface area contributed by atoms with Crippen molar-refractivity contribution in [2.24, 2.45) is 0 Å². The highest BCUT2D eigenvalue weighted by Crippen LogP contribution is 2.41. The molecule has 1 saturated heterocycles. The number of hydrogen-bond acceptors (Lipinski definition) is 3. The number of ether oxygens (including phenoxy) is 1. The molecule has 0 bridgehead atoms. The van der Waals surface area contributed by atoms with E-state index in [-0.39, 0.29) is 18.4 Å². The first-order valence-corrected chi connectivity index (χ1v) is 6.37. The zero-order valence-corrected chi connectivity index (χ0v) is 11.3. The van der Waals surface area contributed by atoms with Gasteiger partial charge in [0, 0.05) is 6.42 Å². The van der Waals surface area contributed by atoms with Crippen LogP contribution in [0.4, 0.5) is 13.2 Å². The molecule has 1 amide bonds. The Morgan fingerprint density at radius 2 is 1.95 bits per heavy atom. The zero-order chi connectivity index (χ0) is 15.6. The fraction of sp³-hybridized carbons (Fsp3) is 0.429. The summed E-state index contributed by atoms with van der Waals surface area (Å²) in [4.78, 5) is 24.1. The van der Waals surface area contributed by atoms with Crippen molar-refractivity contribution < 1.29 is 27.5 Å². The van der Waals surface area contributed by atoms with Gasteiger partial charge in [0.15, 0.2) is 6.04 Å². The number of hydrogen-bond donors (Lipinski definition) is 0. The van der Waals surface area contributed by atoms with Gasteiger partial charge in [-0.1, -0.05) is 30.3 Å². The quantitative estimate of drug-likeness (QED) is 0.806. The second kappa shape index (κ2) is 5.75. The third-order valence-electron chi connectivity index (χ3n) is 3.43. The van der Waals surface area contributed by atoms with E-state index in [9.17, 15) is 22.8 Å². The summed E-state index contributed by atoms with van der Waals surface area (Å²) in [5, 5.41) is 0. The van der Waals surface area contributed by atoms with Crippen LogP contribution in [0.2, 0.25) is 0 Å². The fourth-order valence-electron chi connectivity index (χ4n) is 2.54. The standard InChI is InChI=1S/C14H14F3NO3/c1-21-13(20)10-7-8-11(19)18(10)12(14(15,16)17)9-5-3-2-4-6-9/h2-6,10,12H,7-8H2,1H3. The number of halogens is 3. The monoisotopic (exact) mass is 301 g/mol. The molecule has 0 radical (unpaired) electrons. The van der Waals surface area contributed by atoms with Crippen LogP contribution >= 0.6 is 0 Å². The van der Waals surface area contributed by atoms with Gasteiger partial charge < -0.3 is 9.64 Å². The molecule has 1 aliphatic rings. The minimum Gasteiger partial charge on any atom is -0.467 e. The Morgan fingerprint density at radius 1 is 1.33 bits per heavy atom. The predicted molar refractivity (Wildman–Crippen MR) is 67.1 cm³/mol. The van der Waals surface area contributed by atoms with E-state index in [0.29, 0.717) is 4.90 Å². The normalized spacial score (nSPS) is 20.5.